The Hall–Kier alpha value is -3.94. The molecule has 30 heavy (non-hydrogen) atoms. The van der Waals surface area contributed by atoms with E-state index in [9.17, 15) is 9.59 Å². The van der Waals surface area contributed by atoms with Crippen LogP contribution in [0.15, 0.2) is 56.6 Å². The first-order valence-corrected chi connectivity index (χ1v) is 9.41. The molecule has 152 valence electrons. The molecule has 0 bridgehead atoms. The summed E-state index contributed by atoms with van der Waals surface area (Å²) in [6, 6.07) is 12.7. The zero-order valence-corrected chi connectivity index (χ0v) is 16.7. The van der Waals surface area contributed by atoms with Gasteiger partial charge in [0.2, 0.25) is 5.82 Å². The van der Waals surface area contributed by atoms with Gasteiger partial charge in [0.1, 0.15) is 5.75 Å². The molecule has 2 aromatic carbocycles. The predicted octanol–water partition coefficient (Wildman–Crippen LogP) is 3.50. The Morgan fingerprint density at radius 2 is 1.87 bits per heavy atom. The number of hydrogen-bond donors (Lipinski definition) is 1. The van der Waals surface area contributed by atoms with Crippen molar-refractivity contribution in [2.75, 3.05) is 7.11 Å². The molecule has 0 spiro atoms. The second-order valence-electron chi connectivity index (χ2n) is 7.02. The summed E-state index contributed by atoms with van der Waals surface area (Å²) < 4.78 is 11.9. The molecule has 0 unspecified atom stereocenters. The molecule has 0 radical (unpaired) electrons. The van der Waals surface area contributed by atoms with Gasteiger partial charge in [0.25, 0.3) is 5.89 Å². The lowest BCUT2D eigenvalue weighted by Gasteiger charge is -2.13. The highest BCUT2D eigenvalue weighted by Gasteiger charge is 2.13. The van der Waals surface area contributed by atoms with Crippen LogP contribution in [-0.4, -0.2) is 26.8 Å². The number of nitrogens with zero attached hydrogens (tertiary/aromatic N) is 3. The lowest BCUT2D eigenvalue weighted by molar-refractivity contribution is 0.411. The average Bonchev–Trinajstić information content (AvgIpc) is 3.22. The van der Waals surface area contributed by atoms with Gasteiger partial charge in [-0.05, 0) is 55.8 Å². The summed E-state index contributed by atoms with van der Waals surface area (Å²) in [7, 11) is 1.62. The van der Waals surface area contributed by atoms with Crippen molar-refractivity contribution >= 4 is 23.2 Å². The Kier molecular flexibility index (Phi) is 5.05. The highest BCUT2D eigenvalue weighted by atomic mass is 16.5. The van der Waals surface area contributed by atoms with Crippen LogP contribution in [0, 0.1) is 0 Å². The van der Waals surface area contributed by atoms with Gasteiger partial charge in [-0.3, -0.25) is 14.2 Å². The summed E-state index contributed by atoms with van der Waals surface area (Å²) in [5.74, 6) is 1.51. The largest absolute Gasteiger partial charge is 0.497 e. The van der Waals surface area contributed by atoms with E-state index in [1.54, 1.807) is 31.4 Å². The van der Waals surface area contributed by atoms with Crippen LogP contribution >= 0.6 is 0 Å². The lowest BCUT2D eigenvalue weighted by atomic mass is 10.1. The number of aromatic amines is 1. The number of fused-ring (bicyclic) bond motifs is 1. The molecule has 0 aliphatic carbocycles. The van der Waals surface area contributed by atoms with E-state index in [-0.39, 0.29) is 6.04 Å². The molecule has 0 amide bonds. The van der Waals surface area contributed by atoms with Crippen LogP contribution in [0.2, 0.25) is 0 Å². The lowest BCUT2D eigenvalue weighted by Crippen LogP contribution is -2.37. The quantitative estimate of drug-likeness (QED) is 0.511. The number of rotatable bonds is 5. The maximum absolute atomic E-state index is 12.2. The Bertz CT molecular complexity index is 1340. The summed E-state index contributed by atoms with van der Waals surface area (Å²) >= 11 is 0. The Morgan fingerprint density at radius 1 is 1.10 bits per heavy atom. The monoisotopic (exact) mass is 404 g/mol. The number of H-pyrrole nitrogens is 1. The SMILES string of the molecule is COc1ccc(C=Cc2nc(-c3ccc4c(c3)[nH]c(=O)c(=O)n4C(C)C)no2)cc1. The summed E-state index contributed by atoms with van der Waals surface area (Å²) in [5.41, 5.74) is 1.57. The van der Waals surface area contributed by atoms with E-state index in [2.05, 4.69) is 15.1 Å². The maximum Gasteiger partial charge on any atom is 0.316 e. The first-order chi connectivity index (χ1) is 14.5. The van der Waals surface area contributed by atoms with Gasteiger partial charge in [-0.2, -0.15) is 4.98 Å². The van der Waals surface area contributed by atoms with E-state index in [4.69, 9.17) is 9.26 Å². The fourth-order valence-corrected chi connectivity index (χ4v) is 3.20. The number of aromatic nitrogens is 4. The van der Waals surface area contributed by atoms with Crippen LogP contribution < -0.4 is 15.9 Å². The number of benzene rings is 2. The summed E-state index contributed by atoms with van der Waals surface area (Å²) in [6.45, 7) is 3.71. The fraction of sp³-hybridized carbons (Fsp3) is 0.182. The molecule has 0 saturated carbocycles. The minimum Gasteiger partial charge on any atom is -0.497 e. The third-order valence-electron chi connectivity index (χ3n) is 4.67. The van der Waals surface area contributed by atoms with E-state index >= 15 is 0 Å². The van der Waals surface area contributed by atoms with Crippen LogP contribution in [0.4, 0.5) is 0 Å². The van der Waals surface area contributed by atoms with Gasteiger partial charge in [-0.25, -0.2) is 0 Å². The molecule has 2 heterocycles. The molecule has 0 saturated heterocycles. The van der Waals surface area contributed by atoms with E-state index < -0.39 is 11.1 Å². The molecule has 0 aliphatic rings. The molecule has 1 N–H and O–H groups in total. The topological polar surface area (TPSA) is 103 Å². The van der Waals surface area contributed by atoms with Crippen LogP contribution in [0.5, 0.6) is 5.75 Å². The van der Waals surface area contributed by atoms with Crippen LogP contribution in [-0.2, 0) is 0 Å². The molecule has 0 fully saturated rings. The van der Waals surface area contributed by atoms with Crippen molar-refractivity contribution in [1.82, 2.24) is 19.7 Å². The second kappa shape index (κ2) is 7.82. The molecule has 8 heteroatoms. The summed E-state index contributed by atoms with van der Waals surface area (Å²) in [5, 5.41) is 4.01. The number of hydrogen-bond acceptors (Lipinski definition) is 6. The minimum atomic E-state index is -0.662. The van der Waals surface area contributed by atoms with Gasteiger partial charge in [-0.15, -0.1) is 0 Å². The first-order valence-electron chi connectivity index (χ1n) is 9.41. The van der Waals surface area contributed by atoms with Gasteiger partial charge < -0.3 is 14.2 Å². The Morgan fingerprint density at radius 3 is 2.57 bits per heavy atom. The normalized spacial score (nSPS) is 11.6. The van der Waals surface area contributed by atoms with Crippen LogP contribution in [0.3, 0.4) is 0 Å². The zero-order valence-electron chi connectivity index (χ0n) is 16.7. The number of methoxy groups -OCH3 is 1. The molecule has 8 nitrogen and oxygen atoms in total. The third kappa shape index (κ3) is 3.67. The highest BCUT2D eigenvalue weighted by Crippen LogP contribution is 2.22. The predicted molar refractivity (Wildman–Crippen MR) is 114 cm³/mol. The molecular weight excluding hydrogens is 384 g/mol. The van der Waals surface area contributed by atoms with Crippen LogP contribution in [0.1, 0.15) is 31.3 Å². The number of ether oxygens (including phenoxy) is 1. The minimum absolute atomic E-state index is 0.145. The molecule has 0 aliphatic heterocycles. The Balaban J connectivity index is 1.65. The first kappa shape index (κ1) is 19.4. The van der Waals surface area contributed by atoms with Crippen molar-refractivity contribution in [2.45, 2.75) is 19.9 Å². The maximum atomic E-state index is 12.2. The third-order valence-corrected chi connectivity index (χ3v) is 4.67. The van der Waals surface area contributed by atoms with Crippen molar-refractivity contribution in [3.63, 3.8) is 0 Å². The van der Waals surface area contributed by atoms with Crippen molar-refractivity contribution in [3.05, 3.63) is 74.6 Å². The average molecular weight is 404 g/mol. The summed E-state index contributed by atoms with van der Waals surface area (Å²) in [6.07, 6.45) is 3.58. The van der Waals surface area contributed by atoms with Crippen molar-refractivity contribution < 1.29 is 9.26 Å². The molecule has 4 rings (SSSR count). The van der Waals surface area contributed by atoms with Crippen molar-refractivity contribution in [2.24, 2.45) is 0 Å². The van der Waals surface area contributed by atoms with E-state index in [1.807, 2.05) is 44.2 Å². The van der Waals surface area contributed by atoms with E-state index in [0.717, 1.165) is 11.3 Å². The van der Waals surface area contributed by atoms with Crippen LogP contribution in [0.25, 0.3) is 34.6 Å². The molecule has 2 aromatic heterocycles. The molecular formula is C22H20N4O4. The smallest absolute Gasteiger partial charge is 0.316 e. The van der Waals surface area contributed by atoms with Gasteiger partial charge in [0.15, 0.2) is 0 Å². The van der Waals surface area contributed by atoms with E-state index in [0.29, 0.717) is 28.3 Å². The van der Waals surface area contributed by atoms with Gasteiger partial charge >= 0.3 is 11.1 Å². The molecule has 4 aromatic rings. The van der Waals surface area contributed by atoms with Crippen molar-refractivity contribution in [1.29, 1.82) is 0 Å². The standard InChI is InChI=1S/C22H20N4O4/c1-13(2)26-18-10-7-15(12-17(18)23-21(27)22(26)28)20-24-19(30-25-20)11-6-14-4-8-16(29-3)9-5-14/h4-13H,1-3H3,(H,23,27). The number of nitrogens with one attached hydrogen (secondary N) is 1. The van der Waals surface area contributed by atoms with Crippen molar-refractivity contribution in [3.8, 4) is 17.1 Å². The Labute approximate surface area is 171 Å². The summed E-state index contributed by atoms with van der Waals surface area (Å²) in [4.78, 5) is 31.2. The highest BCUT2D eigenvalue weighted by molar-refractivity contribution is 5.80. The molecule has 0 atom stereocenters. The zero-order chi connectivity index (χ0) is 21.3. The fourth-order valence-electron chi connectivity index (χ4n) is 3.20. The van der Waals surface area contributed by atoms with Gasteiger partial charge in [0, 0.05) is 17.7 Å². The van der Waals surface area contributed by atoms with Gasteiger partial charge in [-0.1, -0.05) is 17.3 Å². The van der Waals surface area contributed by atoms with Gasteiger partial charge in [0.05, 0.1) is 18.1 Å². The van der Waals surface area contributed by atoms with E-state index in [1.165, 1.54) is 4.57 Å². The second-order valence-corrected chi connectivity index (χ2v) is 7.02.